The third-order valence-corrected chi connectivity index (χ3v) is 5.76. The van der Waals surface area contributed by atoms with Crippen molar-refractivity contribution in [1.82, 2.24) is 16.0 Å². The van der Waals surface area contributed by atoms with Crippen LogP contribution < -0.4 is 21.7 Å². The number of nitrogens with two attached hydrogens (primary N) is 1. The molecule has 0 radical (unpaired) electrons. The summed E-state index contributed by atoms with van der Waals surface area (Å²) in [6.45, 7) is 8.33. The molecule has 0 aliphatic carbocycles. The first kappa shape index (κ1) is 29.1. The number of hydrogen-bond donors (Lipinski definition) is 6. The summed E-state index contributed by atoms with van der Waals surface area (Å²) in [5.41, 5.74) is 6.46. The first-order valence-corrected chi connectivity index (χ1v) is 11.5. The minimum Gasteiger partial charge on any atom is -0.480 e. The van der Waals surface area contributed by atoms with Crippen molar-refractivity contribution < 1.29 is 29.4 Å². The molecule has 10 heteroatoms. The fourth-order valence-electron chi connectivity index (χ4n) is 3.26. The lowest BCUT2D eigenvalue weighted by atomic mass is 9.96. The third-order valence-electron chi connectivity index (χ3n) is 5.76. The Kier molecular flexibility index (Phi) is 11.7. The van der Waals surface area contributed by atoms with E-state index in [4.69, 9.17) is 5.73 Å². The lowest BCUT2D eigenvalue weighted by molar-refractivity contribution is -0.143. The maximum absolute atomic E-state index is 13.2. The number of amides is 3. The lowest BCUT2D eigenvalue weighted by Gasteiger charge is -2.28. The number of nitrogens with one attached hydrogen (secondary N) is 3. The molecule has 3 amide bonds. The number of carbonyl (C=O) groups is 4. The number of carboxylic acids is 1. The predicted molar refractivity (Wildman–Crippen MR) is 128 cm³/mol. The molecule has 10 nitrogen and oxygen atoms in total. The number of hydrogen-bond acceptors (Lipinski definition) is 6. The number of aliphatic carboxylic acids is 1. The van der Waals surface area contributed by atoms with Crippen molar-refractivity contribution >= 4 is 23.7 Å². The van der Waals surface area contributed by atoms with Crippen molar-refractivity contribution in [2.75, 3.05) is 0 Å². The Morgan fingerprint density at radius 1 is 0.882 bits per heavy atom. The van der Waals surface area contributed by atoms with Crippen LogP contribution in [0.2, 0.25) is 0 Å². The third kappa shape index (κ3) is 8.75. The van der Waals surface area contributed by atoms with E-state index in [2.05, 4.69) is 16.0 Å². The Morgan fingerprint density at radius 3 is 1.91 bits per heavy atom. The maximum atomic E-state index is 13.2. The Balaban J connectivity index is 3.16. The van der Waals surface area contributed by atoms with Crippen molar-refractivity contribution in [2.24, 2.45) is 17.6 Å². The van der Waals surface area contributed by atoms with E-state index in [0.29, 0.717) is 6.42 Å². The largest absolute Gasteiger partial charge is 0.480 e. The summed E-state index contributed by atoms with van der Waals surface area (Å²) in [4.78, 5) is 50.2. The van der Waals surface area contributed by atoms with Crippen LogP contribution in [-0.2, 0) is 25.6 Å². The minimum absolute atomic E-state index is 0.122. The Labute approximate surface area is 200 Å². The zero-order valence-electron chi connectivity index (χ0n) is 20.4. The molecule has 0 aliphatic rings. The lowest BCUT2D eigenvalue weighted by Crippen LogP contribution is -2.60. The second-order valence-electron chi connectivity index (χ2n) is 8.96. The molecule has 0 saturated heterocycles. The standard InChI is InChI=1S/C24H38N4O6/c1-6-14(4)20(28-22(31)18(25)15(5)29)23(32)26-17(12-16-10-8-7-9-11-16)21(30)27-19(13(2)3)24(33)34/h7-11,13-15,17-20,29H,6,12,25H2,1-5H3,(H,26,32)(H,27,30)(H,28,31)(H,33,34). The van der Waals surface area contributed by atoms with E-state index in [9.17, 15) is 29.4 Å². The normalized spacial score (nSPS) is 16.5. The number of carboxylic acid groups (broad SMARTS) is 1. The smallest absolute Gasteiger partial charge is 0.326 e. The van der Waals surface area contributed by atoms with E-state index in [1.54, 1.807) is 45.0 Å². The summed E-state index contributed by atoms with van der Waals surface area (Å²) in [5.74, 6) is -3.78. The second-order valence-corrected chi connectivity index (χ2v) is 8.96. The van der Waals surface area contributed by atoms with Gasteiger partial charge in [0.2, 0.25) is 17.7 Å². The monoisotopic (exact) mass is 478 g/mol. The average Bonchev–Trinajstić information content (AvgIpc) is 2.79. The molecule has 6 unspecified atom stereocenters. The first-order valence-electron chi connectivity index (χ1n) is 11.5. The zero-order chi connectivity index (χ0) is 26.0. The summed E-state index contributed by atoms with van der Waals surface area (Å²) in [6, 6.07) is 4.55. The van der Waals surface area contributed by atoms with Crippen LogP contribution >= 0.6 is 0 Å². The molecule has 6 atom stereocenters. The molecule has 0 aliphatic heterocycles. The molecule has 0 heterocycles. The van der Waals surface area contributed by atoms with E-state index < -0.39 is 54.0 Å². The molecule has 190 valence electrons. The van der Waals surface area contributed by atoms with Crippen LogP contribution in [-0.4, -0.2) is 64.2 Å². The van der Waals surface area contributed by atoms with Crippen LogP contribution in [0, 0.1) is 11.8 Å². The summed E-state index contributed by atoms with van der Waals surface area (Å²) in [6.07, 6.45) is -0.440. The van der Waals surface area contributed by atoms with Crippen LogP contribution in [0.25, 0.3) is 0 Å². The number of benzene rings is 1. The SMILES string of the molecule is CCC(C)C(NC(=O)C(N)C(C)O)C(=O)NC(Cc1ccccc1)C(=O)NC(C(=O)O)C(C)C. The van der Waals surface area contributed by atoms with Crippen molar-refractivity contribution in [3.63, 3.8) is 0 Å². The van der Waals surface area contributed by atoms with Gasteiger partial charge in [-0.3, -0.25) is 14.4 Å². The van der Waals surface area contributed by atoms with E-state index in [0.717, 1.165) is 5.56 Å². The predicted octanol–water partition coefficient (Wildman–Crippen LogP) is 0.178. The van der Waals surface area contributed by atoms with E-state index in [-0.39, 0.29) is 18.3 Å². The van der Waals surface area contributed by atoms with Crippen molar-refractivity contribution in [3.05, 3.63) is 35.9 Å². The first-order chi connectivity index (χ1) is 15.9. The van der Waals surface area contributed by atoms with Gasteiger partial charge in [0.15, 0.2) is 0 Å². The fourth-order valence-corrected chi connectivity index (χ4v) is 3.26. The number of aliphatic hydroxyl groups excluding tert-OH is 1. The van der Waals surface area contributed by atoms with Gasteiger partial charge in [-0.1, -0.05) is 64.4 Å². The molecule has 7 N–H and O–H groups in total. The number of rotatable bonds is 13. The quantitative estimate of drug-likeness (QED) is 0.235. The van der Waals surface area contributed by atoms with Gasteiger partial charge in [-0.15, -0.1) is 0 Å². The maximum Gasteiger partial charge on any atom is 0.326 e. The molecule has 1 aromatic rings. The average molecular weight is 479 g/mol. The van der Waals surface area contributed by atoms with E-state index in [1.807, 2.05) is 13.0 Å². The van der Waals surface area contributed by atoms with Crippen molar-refractivity contribution in [3.8, 4) is 0 Å². The van der Waals surface area contributed by atoms with Gasteiger partial charge in [-0.25, -0.2) is 4.79 Å². The molecule has 1 aromatic carbocycles. The van der Waals surface area contributed by atoms with Gasteiger partial charge in [0.25, 0.3) is 0 Å². The molecule has 0 aromatic heterocycles. The van der Waals surface area contributed by atoms with Gasteiger partial charge in [0, 0.05) is 6.42 Å². The molecule has 0 bridgehead atoms. The number of aliphatic hydroxyl groups is 1. The summed E-state index contributed by atoms with van der Waals surface area (Å²) >= 11 is 0. The van der Waals surface area contributed by atoms with Crippen LogP contribution in [0.1, 0.15) is 46.6 Å². The molecule has 0 fully saturated rings. The van der Waals surface area contributed by atoms with Gasteiger partial charge in [-0.2, -0.15) is 0 Å². The van der Waals surface area contributed by atoms with Gasteiger partial charge in [0.1, 0.15) is 24.2 Å². The molecular weight excluding hydrogens is 440 g/mol. The fraction of sp³-hybridized carbons (Fsp3) is 0.583. The highest BCUT2D eigenvalue weighted by Gasteiger charge is 2.33. The topological polar surface area (TPSA) is 171 Å². The second kappa shape index (κ2) is 13.7. The highest BCUT2D eigenvalue weighted by atomic mass is 16.4. The highest BCUT2D eigenvalue weighted by Crippen LogP contribution is 2.11. The summed E-state index contributed by atoms with van der Waals surface area (Å²) in [5, 5.41) is 26.8. The zero-order valence-corrected chi connectivity index (χ0v) is 20.4. The highest BCUT2D eigenvalue weighted by molar-refractivity contribution is 5.94. The van der Waals surface area contributed by atoms with Crippen LogP contribution in [0.3, 0.4) is 0 Å². The van der Waals surface area contributed by atoms with E-state index >= 15 is 0 Å². The Bertz CT molecular complexity index is 830. The van der Waals surface area contributed by atoms with Gasteiger partial charge in [-0.05, 0) is 24.3 Å². The summed E-state index contributed by atoms with van der Waals surface area (Å²) < 4.78 is 0. The van der Waals surface area contributed by atoms with Crippen molar-refractivity contribution in [2.45, 2.75) is 77.7 Å². The van der Waals surface area contributed by atoms with Crippen molar-refractivity contribution in [1.29, 1.82) is 0 Å². The van der Waals surface area contributed by atoms with E-state index in [1.165, 1.54) is 6.92 Å². The van der Waals surface area contributed by atoms with Crippen LogP contribution in [0.5, 0.6) is 0 Å². The van der Waals surface area contributed by atoms with Gasteiger partial charge >= 0.3 is 5.97 Å². The molecule has 34 heavy (non-hydrogen) atoms. The minimum atomic E-state index is -1.22. The molecule has 0 saturated carbocycles. The molecule has 1 rings (SSSR count). The number of carbonyl (C=O) groups excluding carboxylic acids is 3. The molecular formula is C24H38N4O6. The Morgan fingerprint density at radius 2 is 1.44 bits per heavy atom. The van der Waals surface area contributed by atoms with Crippen LogP contribution in [0.15, 0.2) is 30.3 Å². The Hall–Kier alpha value is -2.98. The summed E-state index contributed by atoms with van der Waals surface area (Å²) in [7, 11) is 0. The van der Waals surface area contributed by atoms with Gasteiger partial charge < -0.3 is 31.9 Å². The molecule has 0 spiro atoms. The van der Waals surface area contributed by atoms with Gasteiger partial charge in [0.05, 0.1) is 6.10 Å². The van der Waals surface area contributed by atoms with Crippen LogP contribution in [0.4, 0.5) is 0 Å².